The van der Waals surface area contributed by atoms with Crippen LogP contribution < -0.4 is 5.73 Å². The molecule has 2 nitrogen and oxygen atoms in total. The van der Waals surface area contributed by atoms with E-state index in [1.54, 1.807) is 0 Å². The summed E-state index contributed by atoms with van der Waals surface area (Å²) in [5.41, 5.74) is 6.27. The monoisotopic (exact) mass is 176 g/mol. The Balaban J connectivity index is 0.000000810. The van der Waals surface area contributed by atoms with Crippen molar-refractivity contribution in [3.63, 3.8) is 0 Å². The van der Waals surface area contributed by atoms with Gasteiger partial charge in [0.25, 0.3) is 0 Å². The first-order valence-corrected chi connectivity index (χ1v) is 3.03. The van der Waals surface area contributed by atoms with Gasteiger partial charge in [-0.3, -0.25) is 0 Å². The van der Waals surface area contributed by atoms with Gasteiger partial charge in [-0.2, -0.15) is 0 Å². The van der Waals surface area contributed by atoms with E-state index in [-0.39, 0.29) is 12.4 Å². The van der Waals surface area contributed by atoms with Crippen molar-refractivity contribution in [2.45, 2.75) is 0 Å². The molecule has 56 valence electrons. The number of nitrogens with two attached hydrogens (primary N) is 1. The topological polar surface area (TPSA) is 30.9 Å². The fraction of sp³-hybridized carbons (Fsp3) is 0.167. The van der Waals surface area contributed by atoms with Crippen LogP contribution in [0.3, 0.4) is 0 Å². The minimum Gasteiger partial charge on any atom is -0.389 e. The molecule has 0 fully saturated rings. The van der Waals surface area contributed by atoms with Crippen LogP contribution in [0.1, 0.15) is 5.56 Å². The van der Waals surface area contributed by atoms with E-state index in [9.17, 15) is 0 Å². The van der Waals surface area contributed by atoms with Gasteiger partial charge < -0.3 is 10.3 Å². The van der Waals surface area contributed by atoms with Crippen LogP contribution in [0.4, 0.5) is 0 Å². The van der Waals surface area contributed by atoms with Crippen LogP contribution in [0.2, 0.25) is 0 Å². The largest absolute Gasteiger partial charge is 0.389 e. The zero-order valence-electron chi connectivity index (χ0n) is 5.57. The second-order valence-corrected chi connectivity index (χ2v) is 2.37. The summed E-state index contributed by atoms with van der Waals surface area (Å²) in [6.07, 6.45) is 3.80. The third kappa shape index (κ3) is 2.01. The summed E-state index contributed by atoms with van der Waals surface area (Å²) in [6.45, 7) is 0. The molecule has 1 rings (SSSR count). The van der Waals surface area contributed by atoms with Crippen LogP contribution in [-0.2, 0) is 7.05 Å². The summed E-state index contributed by atoms with van der Waals surface area (Å²) in [6, 6.07) is 1.89. The Bertz CT molecular complexity index is 231. The molecule has 0 aliphatic carbocycles. The second kappa shape index (κ2) is 3.58. The lowest BCUT2D eigenvalue weighted by atomic mass is 10.3. The number of halogens is 1. The van der Waals surface area contributed by atoms with Crippen molar-refractivity contribution in [2.75, 3.05) is 0 Å². The van der Waals surface area contributed by atoms with Gasteiger partial charge in [0.2, 0.25) is 0 Å². The van der Waals surface area contributed by atoms with Crippen molar-refractivity contribution in [1.29, 1.82) is 0 Å². The molecule has 0 bridgehead atoms. The SMILES string of the molecule is Cl.Cn1ccc(C(N)=S)c1. The van der Waals surface area contributed by atoms with Crippen molar-refractivity contribution in [3.05, 3.63) is 24.0 Å². The van der Waals surface area contributed by atoms with Gasteiger partial charge in [-0.25, -0.2) is 0 Å². The van der Waals surface area contributed by atoms with Gasteiger partial charge in [0, 0.05) is 25.0 Å². The number of aromatic nitrogens is 1. The molecule has 0 aliphatic heterocycles. The fourth-order valence-electron chi connectivity index (χ4n) is 0.649. The molecule has 10 heavy (non-hydrogen) atoms. The second-order valence-electron chi connectivity index (χ2n) is 1.93. The Labute approximate surface area is 71.4 Å². The molecule has 2 N–H and O–H groups in total. The van der Waals surface area contributed by atoms with E-state index < -0.39 is 0 Å². The molecule has 4 heteroatoms. The highest BCUT2D eigenvalue weighted by molar-refractivity contribution is 7.80. The molecular weight excluding hydrogens is 168 g/mol. The van der Waals surface area contributed by atoms with Crippen LogP contribution in [0.25, 0.3) is 0 Å². The third-order valence-corrected chi connectivity index (χ3v) is 1.35. The summed E-state index contributed by atoms with van der Waals surface area (Å²) < 4.78 is 1.91. The van der Waals surface area contributed by atoms with Crippen LogP contribution in [0.15, 0.2) is 18.5 Å². The molecule has 0 unspecified atom stereocenters. The number of nitrogens with zero attached hydrogens (tertiary/aromatic N) is 1. The predicted octanol–water partition coefficient (Wildman–Crippen LogP) is 1.08. The number of hydrogen-bond donors (Lipinski definition) is 1. The maximum atomic E-state index is 5.35. The summed E-state index contributed by atoms with van der Waals surface area (Å²) in [4.78, 5) is 0.454. The number of thiocarbonyl (C=S) groups is 1. The molecular formula is C6H9ClN2S. The molecule has 0 aliphatic rings. The van der Waals surface area contributed by atoms with Crippen molar-refractivity contribution in [3.8, 4) is 0 Å². The van der Waals surface area contributed by atoms with Crippen molar-refractivity contribution >= 4 is 29.6 Å². The fourth-order valence-corrected chi connectivity index (χ4v) is 0.770. The van der Waals surface area contributed by atoms with E-state index in [1.807, 2.05) is 30.1 Å². The van der Waals surface area contributed by atoms with Crippen molar-refractivity contribution in [1.82, 2.24) is 4.57 Å². The summed E-state index contributed by atoms with van der Waals surface area (Å²) in [5.74, 6) is 0. The molecule has 1 aromatic rings. The smallest absolute Gasteiger partial charge is 0.105 e. The molecule has 1 heterocycles. The van der Waals surface area contributed by atoms with E-state index in [0.717, 1.165) is 5.56 Å². The first-order valence-electron chi connectivity index (χ1n) is 2.62. The van der Waals surface area contributed by atoms with Gasteiger partial charge >= 0.3 is 0 Å². The molecule has 0 amide bonds. The summed E-state index contributed by atoms with van der Waals surface area (Å²) in [5, 5.41) is 0. The maximum Gasteiger partial charge on any atom is 0.105 e. The van der Waals surface area contributed by atoms with E-state index in [0.29, 0.717) is 4.99 Å². The minimum atomic E-state index is 0. The molecule has 0 aromatic carbocycles. The Morgan fingerprint density at radius 3 is 2.50 bits per heavy atom. The number of rotatable bonds is 1. The molecule has 0 saturated heterocycles. The van der Waals surface area contributed by atoms with Crippen LogP contribution in [0, 0.1) is 0 Å². The van der Waals surface area contributed by atoms with Crippen molar-refractivity contribution in [2.24, 2.45) is 12.8 Å². The van der Waals surface area contributed by atoms with Crippen LogP contribution >= 0.6 is 24.6 Å². The Hall–Kier alpha value is -0.540. The predicted molar refractivity (Wildman–Crippen MR) is 48.5 cm³/mol. The Morgan fingerprint density at radius 2 is 2.30 bits per heavy atom. The molecule has 0 spiro atoms. The van der Waals surface area contributed by atoms with Gasteiger partial charge in [-0.15, -0.1) is 12.4 Å². The standard InChI is InChI=1S/C6H8N2S.ClH/c1-8-3-2-5(4-8)6(7)9;/h2-4H,1H3,(H2,7,9);1H. The van der Waals surface area contributed by atoms with Crippen molar-refractivity contribution < 1.29 is 0 Å². The first-order chi connectivity index (χ1) is 4.20. The highest BCUT2D eigenvalue weighted by Crippen LogP contribution is 1.97. The van der Waals surface area contributed by atoms with E-state index >= 15 is 0 Å². The number of aryl methyl sites for hydroxylation is 1. The molecule has 0 radical (unpaired) electrons. The van der Waals surface area contributed by atoms with E-state index in [2.05, 4.69) is 0 Å². The average molecular weight is 177 g/mol. The molecule has 1 aromatic heterocycles. The van der Waals surface area contributed by atoms with Gasteiger partial charge in [-0.05, 0) is 6.07 Å². The first kappa shape index (κ1) is 9.46. The highest BCUT2D eigenvalue weighted by atomic mass is 35.5. The van der Waals surface area contributed by atoms with Crippen LogP contribution in [-0.4, -0.2) is 9.56 Å². The van der Waals surface area contributed by atoms with Gasteiger partial charge in [0.05, 0.1) is 0 Å². The van der Waals surface area contributed by atoms with Crippen LogP contribution in [0.5, 0.6) is 0 Å². The molecule has 0 saturated carbocycles. The average Bonchev–Trinajstić information content (AvgIpc) is 2.14. The van der Waals surface area contributed by atoms with E-state index in [4.69, 9.17) is 18.0 Å². The highest BCUT2D eigenvalue weighted by Gasteiger charge is 1.94. The normalized spacial score (nSPS) is 8.50. The number of hydrogen-bond acceptors (Lipinski definition) is 1. The summed E-state index contributed by atoms with van der Waals surface area (Å²) >= 11 is 4.74. The lowest BCUT2D eigenvalue weighted by Crippen LogP contribution is -2.07. The Kier molecular flexibility index (Phi) is 3.39. The lowest BCUT2D eigenvalue weighted by molar-refractivity contribution is 0.927. The van der Waals surface area contributed by atoms with Gasteiger partial charge in [-0.1, -0.05) is 12.2 Å². The minimum absolute atomic E-state index is 0. The third-order valence-electron chi connectivity index (χ3n) is 1.12. The van der Waals surface area contributed by atoms with Gasteiger partial charge in [0.15, 0.2) is 0 Å². The quantitative estimate of drug-likeness (QED) is 0.650. The summed E-state index contributed by atoms with van der Waals surface area (Å²) in [7, 11) is 1.93. The molecule has 0 atom stereocenters. The Morgan fingerprint density at radius 1 is 1.70 bits per heavy atom. The zero-order chi connectivity index (χ0) is 6.85. The van der Waals surface area contributed by atoms with Gasteiger partial charge in [0.1, 0.15) is 4.99 Å². The lowest BCUT2D eigenvalue weighted by Gasteiger charge is -1.87. The zero-order valence-corrected chi connectivity index (χ0v) is 7.21. The van der Waals surface area contributed by atoms with E-state index in [1.165, 1.54) is 0 Å². The maximum absolute atomic E-state index is 5.35.